The van der Waals surface area contributed by atoms with Gasteiger partial charge in [-0.05, 0) is 18.9 Å². The molecule has 0 unspecified atom stereocenters. The van der Waals surface area contributed by atoms with E-state index < -0.39 is 24.4 Å². The normalized spacial score (nSPS) is 11.9. The molecule has 1 aromatic rings. The molecule has 0 saturated carbocycles. The second kappa shape index (κ2) is 6.42. The van der Waals surface area contributed by atoms with E-state index in [4.69, 9.17) is 10.5 Å². The molecule has 1 rings (SSSR count). The lowest BCUT2D eigenvalue weighted by Gasteiger charge is -2.19. The van der Waals surface area contributed by atoms with Crippen LogP contribution in [0.4, 0.5) is 13.2 Å². The molecule has 1 heterocycles. The van der Waals surface area contributed by atoms with Crippen molar-refractivity contribution in [1.29, 1.82) is 10.5 Å². The minimum absolute atomic E-state index is 0.153. The third kappa shape index (κ3) is 4.58. The Morgan fingerprint density at radius 3 is 2.40 bits per heavy atom. The Kier molecular flexibility index (Phi) is 5.15. The quantitative estimate of drug-likeness (QED) is 0.805. The predicted octanol–water partition coefficient (Wildman–Crippen LogP) is 3.21. The van der Waals surface area contributed by atoms with Crippen molar-refractivity contribution in [3.8, 4) is 12.1 Å². The number of halogens is 3. The molecule has 7 heteroatoms. The molecule has 0 radical (unpaired) electrons. The molecule has 0 spiro atoms. The van der Waals surface area contributed by atoms with Crippen LogP contribution in [-0.4, -0.2) is 16.0 Å². The molecule has 4 nitrogen and oxygen atoms in total. The Hall–Kier alpha value is -2.02. The lowest BCUT2D eigenvalue weighted by atomic mass is 9.86. The van der Waals surface area contributed by atoms with Gasteiger partial charge in [0.1, 0.15) is 0 Å². The van der Waals surface area contributed by atoms with Gasteiger partial charge in [0.25, 0.3) is 0 Å². The molecule has 0 saturated heterocycles. The van der Waals surface area contributed by atoms with Crippen LogP contribution in [0.25, 0.3) is 0 Å². The van der Waals surface area contributed by atoms with E-state index in [1.165, 1.54) is 4.68 Å². The van der Waals surface area contributed by atoms with E-state index in [-0.39, 0.29) is 6.54 Å². The van der Waals surface area contributed by atoms with E-state index in [2.05, 4.69) is 5.10 Å². The monoisotopic (exact) mass is 284 g/mol. The van der Waals surface area contributed by atoms with E-state index in [1.54, 1.807) is 24.4 Å². The molecule has 0 amide bonds. The molecule has 0 aliphatic rings. The molecule has 1 aromatic heterocycles. The lowest BCUT2D eigenvalue weighted by molar-refractivity contribution is -0.138. The van der Waals surface area contributed by atoms with Gasteiger partial charge < -0.3 is 0 Å². The second-order valence-electron chi connectivity index (χ2n) is 4.68. The summed E-state index contributed by atoms with van der Waals surface area (Å²) in [7, 11) is 0. The first-order valence-electron chi connectivity index (χ1n) is 6.26. The number of hydrogen-bond acceptors (Lipinski definition) is 3. The van der Waals surface area contributed by atoms with Crippen molar-refractivity contribution >= 4 is 0 Å². The van der Waals surface area contributed by atoms with Crippen LogP contribution in [0.5, 0.6) is 0 Å². The number of hydrogen-bond donors (Lipinski definition) is 0. The highest BCUT2D eigenvalue weighted by molar-refractivity contribution is 5.14. The third-order valence-electron chi connectivity index (χ3n) is 2.90. The summed E-state index contributed by atoms with van der Waals surface area (Å²) in [6.45, 7) is 1.83. The highest BCUT2D eigenvalue weighted by Crippen LogP contribution is 2.31. The van der Waals surface area contributed by atoms with E-state index in [1.807, 2.05) is 6.92 Å². The van der Waals surface area contributed by atoms with Gasteiger partial charge in [-0.1, -0.05) is 13.3 Å². The third-order valence-corrected chi connectivity index (χ3v) is 2.90. The van der Waals surface area contributed by atoms with Crippen LogP contribution in [0, 0.1) is 28.1 Å². The van der Waals surface area contributed by atoms with E-state index >= 15 is 0 Å². The van der Waals surface area contributed by atoms with Gasteiger partial charge in [0.2, 0.25) is 0 Å². The van der Waals surface area contributed by atoms with Crippen molar-refractivity contribution in [3.63, 3.8) is 0 Å². The largest absolute Gasteiger partial charge is 0.389 e. The Labute approximate surface area is 115 Å². The number of rotatable bonds is 6. The average molecular weight is 284 g/mol. The average Bonchev–Trinajstić information content (AvgIpc) is 2.81. The van der Waals surface area contributed by atoms with E-state index in [9.17, 15) is 13.2 Å². The highest BCUT2D eigenvalue weighted by atomic mass is 19.4. The molecule has 0 N–H and O–H groups in total. The van der Waals surface area contributed by atoms with Crippen LogP contribution in [0.1, 0.15) is 31.9 Å². The van der Waals surface area contributed by atoms with Crippen LogP contribution < -0.4 is 0 Å². The zero-order valence-electron chi connectivity index (χ0n) is 11.1. The first kappa shape index (κ1) is 16.0. The van der Waals surface area contributed by atoms with Gasteiger partial charge in [-0.2, -0.15) is 28.8 Å². The Balaban J connectivity index is 2.81. The fraction of sp³-hybridized carbons (Fsp3) is 0.615. The fourth-order valence-electron chi connectivity index (χ4n) is 1.80. The van der Waals surface area contributed by atoms with Gasteiger partial charge in [0.05, 0.1) is 24.4 Å². The molecule has 0 atom stereocenters. The zero-order chi connectivity index (χ0) is 15.2. The number of nitrogens with zero attached hydrogens (tertiary/aromatic N) is 4. The summed E-state index contributed by atoms with van der Waals surface area (Å²) in [6, 6.07) is 5.15. The molecule has 0 fully saturated rings. The number of nitriles is 2. The summed E-state index contributed by atoms with van der Waals surface area (Å²) in [5, 5.41) is 22.3. The molecule has 0 aromatic carbocycles. The van der Waals surface area contributed by atoms with Gasteiger partial charge in [0.15, 0.2) is 5.41 Å². The minimum atomic E-state index is -4.38. The van der Waals surface area contributed by atoms with Gasteiger partial charge in [0, 0.05) is 12.6 Å². The summed E-state index contributed by atoms with van der Waals surface area (Å²) < 4.78 is 38.2. The SMILES string of the molecule is CCCc1ccn(CC(C#N)(C#N)CCC(F)(F)F)n1. The van der Waals surface area contributed by atoms with Crippen molar-refractivity contribution in [2.45, 2.75) is 45.3 Å². The van der Waals surface area contributed by atoms with E-state index in [0.29, 0.717) is 0 Å². The van der Waals surface area contributed by atoms with Crippen molar-refractivity contribution in [2.75, 3.05) is 0 Å². The summed E-state index contributed by atoms with van der Waals surface area (Å²) in [5.74, 6) is 0. The molecular weight excluding hydrogens is 269 g/mol. The van der Waals surface area contributed by atoms with Crippen LogP contribution in [0.15, 0.2) is 12.3 Å². The summed E-state index contributed by atoms with van der Waals surface area (Å²) in [6.07, 6.45) is -2.85. The van der Waals surface area contributed by atoms with Crippen molar-refractivity contribution in [3.05, 3.63) is 18.0 Å². The number of aromatic nitrogens is 2. The molecule has 0 aliphatic heterocycles. The summed E-state index contributed by atoms with van der Waals surface area (Å²) in [5.41, 5.74) is -0.904. The second-order valence-corrected chi connectivity index (χ2v) is 4.68. The van der Waals surface area contributed by atoms with Crippen LogP contribution in [0.2, 0.25) is 0 Å². The number of aryl methyl sites for hydroxylation is 1. The first-order chi connectivity index (χ1) is 9.34. The van der Waals surface area contributed by atoms with Gasteiger partial charge in [-0.3, -0.25) is 4.68 Å². The lowest BCUT2D eigenvalue weighted by Crippen LogP contribution is -2.26. The Bertz CT molecular complexity index is 505. The Morgan fingerprint density at radius 2 is 1.90 bits per heavy atom. The molecule has 0 aliphatic carbocycles. The number of alkyl halides is 3. The van der Waals surface area contributed by atoms with Crippen LogP contribution in [-0.2, 0) is 13.0 Å². The van der Waals surface area contributed by atoms with Crippen molar-refractivity contribution in [2.24, 2.45) is 5.41 Å². The van der Waals surface area contributed by atoms with Gasteiger partial charge in [-0.15, -0.1) is 0 Å². The van der Waals surface area contributed by atoms with Gasteiger partial charge >= 0.3 is 6.18 Å². The standard InChI is InChI=1S/C13H15F3N4/c1-2-3-11-4-7-20(19-11)10-12(8-17,9-18)5-6-13(14,15)16/h4,7H,2-3,5-6,10H2,1H3. The topological polar surface area (TPSA) is 65.4 Å². The maximum atomic E-state index is 12.3. The summed E-state index contributed by atoms with van der Waals surface area (Å²) in [4.78, 5) is 0. The first-order valence-corrected chi connectivity index (χ1v) is 6.26. The van der Waals surface area contributed by atoms with Crippen molar-refractivity contribution < 1.29 is 13.2 Å². The van der Waals surface area contributed by atoms with Crippen LogP contribution >= 0.6 is 0 Å². The molecule has 0 bridgehead atoms. The predicted molar refractivity (Wildman–Crippen MR) is 65.2 cm³/mol. The maximum Gasteiger partial charge on any atom is 0.389 e. The Morgan fingerprint density at radius 1 is 1.25 bits per heavy atom. The van der Waals surface area contributed by atoms with Crippen LogP contribution in [0.3, 0.4) is 0 Å². The summed E-state index contributed by atoms with van der Waals surface area (Å²) >= 11 is 0. The highest BCUT2D eigenvalue weighted by Gasteiger charge is 2.37. The maximum absolute atomic E-state index is 12.3. The van der Waals surface area contributed by atoms with Gasteiger partial charge in [-0.25, -0.2) is 0 Å². The molecule has 108 valence electrons. The zero-order valence-corrected chi connectivity index (χ0v) is 11.1. The smallest absolute Gasteiger partial charge is 0.270 e. The van der Waals surface area contributed by atoms with E-state index in [0.717, 1.165) is 18.5 Å². The molecular formula is C13H15F3N4. The fourth-order valence-corrected chi connectivity index (χ4v) is 1.80. The molecule has 20 heavy (non-hydrogen) atoms. The minimum Gasteiger partial charge on any atom is -0.270 e. The van der Waals surface area contributed by atoms with Crippen molar-refractivity contribution in [1.82, 2.24) is 9.78 Å².